The summed E-state index contributed by atoms with van der Waals surface area (Å²) in [4.78, 5) is 19.0. The van der Waals surface area contributed by atoms with E-state index in [9.17, 15) is 23.1 Å². The van der Waals surface area contributed by atoms with E-state index < -0.39 is 29.1 Å². The third kappa shape index (κ3) is 4.82. The molecule has 8 nitrogen and oxygen atoms in total. The third-order valence-corrected chi connectivity index (χ3v) is 6.31. The van der Waals surface area contributed by atoms with Crippen molar-refractivity contribution in [1.82, 2.24) is 14.8 Å². The molecule has 0 amide bonds. The molecule has 1 saturated heterocycles. The molecule has 2 aromatic carbocycles. The van der Waals surface area contributed by atoms with Crippen molar-refractivity contribution in [3.63, 3.8) is 0 Å². The van der Waals surface area contributed by atoms with E-state index in [0.29, 0.717) is 47.8 Å². The van der Waals surface area contributed by atoms with Crippen molar-refractivity contribution in [2.45, 2.75) is 25.6 Å². The molecule has 2 aromatic heterocycles. The van der Waals surface area contributed by atoms with Gasteiger partial charge in [-0.1, -0.05) is 0 Å². The zero-order valence-corrected chi connectivity index (χ0v) is 20.1. The van der Waals surface area contributed by atoms with Gasteiger partial charge in [0.25, 0.3) is 5.56 Å². The van der Waals surface area contributed by atoms with E-state index >= 15 is 0 Å². The Morgan fingerprint density at radius 3 is 2.57 bits per heavy atom. The molecule has 11 heteroatoms. The molecule has 1 aliphatic rings. The van der Waals surface area contributed by atoms with E-state index in [1.807, 2.05) is 19.1 Å². The number of nitrogens with zero attached hydrogens (tertiary/aromatic N) is 4. The standard InChI is InChI=1S/C26H24F3N5O3/c1-15-7-16(9-17(8-15)24-12-31-14-37-24)21-11-22(30-2)25(36)34(32-21)23-10-18(33-6-5-19(35)13-33)3-4-20(23)26(27,28)29/h3-4,7-12,14,19,30,35H,5-6,13H2,1-2H3. The molecular weight excluding hydrogens is 487 g/mol. The van der Waals surface area contributed by atoms with Crippen LogP contribution in [0.15, 0.2) is 64.3 Å². The second kappa shape index (κ2) is 9.40. The number of aliphatic hydroxyl groups is 1. The van der Waals surface area contributed by atoms with Crippen LogP contribution in [-0.2, 0) is 6.18 Å². The first-order valence-corrected chi connectivity index (χ1v) is 11.6. The van der Waals surface area contributed by atoms with Gasteiger partial charge in [0.05, 0.1) is 29.2 Å². The van der Waals surface area contributed by atoms with Crippen molar-refractivity contribution >= 4 is 11.4 Å². The number of aliphatic hydroxyl groups excluding tert-OH is 1. The number of aromatic nitrogens is 3. The summed E-state index contributed by atoms with van der Waals surface area (Å²) < 4.78 is 48.4. The quantitative estimate of drug-likeness (QED) is 0.408. The van der Waals surface area contributed by atoms with Gasteiger partial charge in [-0.25, -0.2) is 4.98 Å². The van der Waals surface area contributed by atoms with Crippen molar-refractivity contribution in [1.29, 1.82) is 0 Å². The number of rotatable bonds is 5. The number of alkyl halides is 3. The second-order valence-corrected chi connectivity index (χ2v) is 8.95. The zero-order valence-electron chi connectivity index (χ0n) is 20.1. The Hall–Kier alpha value is -4.12. The first kappa shape index (κ1) is 24.6. The summed E-state index contributed by atoms with van der Waals surface area (Å²) in [6.45, 7) is 2.65. The fourth-order valence-electron chi connectivity index (χ4n) is 4.52. The SMILES string of the molecule is CNc1cc(-c2cc(C)cc(-c3cnco3)c2)nn(-c2cc(N3CCC(O)C3)ccc2C(F)(F)F)c1=O. The largest absolute Gasteiger partial charge is 0.444 e. The van der Waals surface area contributed by atoms with Gasteiger partial charge in [0.2, 0.25) is 0 Å². The van der Waals surface area contributed by atoms with Gasteiger partial charge in [-0.3, -0.25) is 4.79 Å². The Balaban J connectivity index is 1.71. The fourth-order valence-corrected chi connectivity index (χ4v) is 4.52. The van der Waals surface area contributed by atoms with Crippen molar-refractivity contribution in [2.24, 2.45) is 0 Å². The van der Waals surface area contributed by atoms with Gasteiger partial charge in [0.1, 0.15) is 5.69 Å². The number of benzene rings is 2. The van der Waals surface area contributed by atoms with E-state index in [4.69, 9.17) is 4.42 Å². The predicted octanol–water partition coefficient (Wildman–Crippen LogP) is 4.49. The van der Waals surface area contributed by atoms with Crippen LogP contribution >= 0.6 is 0 Å². The van der Waals surface area contributed by atoms with Crippen molar-refractivity contribution in [3.05, 3.63) is 76.5 Å². The molecule has 1 fully saturated rings. The minimum atomic E-state index is -4.72. The molecule has 1 atom stereocenters. The first-order valence-electron chi connectivity index (χ1n) is 11.6. The zero-order chi connectivity index (χ0) is 26.3. The molecule has 1 aliphatic heterocycles. The highest BCUT2D eigenvalue weighted by molar-refractivity contribution is 5.71. The van der Waals surface area contributed by atoms with Crippen LogP contribution in [0.4, 0.5) is 24.5 Å². The van der Waals surface area contributed by atoms with Crippen LogP contribution in [0.25, 0.3) is 28.3 Å². The Morgan fingerprint density at radius 2 is 1.92 bits per heavy atom. The molecule has 3 heterocycles. The molecule has 192 valence electrons. The molecule has 5 rings (SSSR count). The van der Waals surface area contributed by atoms with Crippen molar-refractivity contribution in [3.8, 4) is 28.3 Å². The average Bonchev–Trinajstić information content (AvgIpc) is 3.55. The van der Waals surface area contributed by atoms with Gasteiger partial charge in [-0.15, -0.1) is 0 Å². The fraction of sp³-hybridized carbons (Fsp3) is 0.269. The topological polar surface area (TPSA) is 96.4 Å². The summed E-state index contributed by atoms with van der Waals surface area (Å²) in [5.74, 6) is 0.520. The molecule has 0 spiro atoms. The second-order valence-electron chi connectivity index (χ2n) is 8.95. The van der Waals surface area contributed by atoms with E-state index in [1.165, 1.54) is 31.6 Å². The first-order chi connectivity index (χ1) is 17.6. The van der Waals surface area contributed by atoms with E-state index in [1.54, 1.807) is 17.2 Å². The minimum absolute atomic E-state index is 0.0860. The van der Waals surface area contributed by atoms with Gasteiger partial charge in [0, 0.05) is 37.0 Å². The number of halogens is 3. The summed E-state index contributed by atoms with van der Waals surface area (Å²) in [6.07, 6.45) is -1.92. The normalized spacial score (nSPS) is 15.8. The molecule has 0 radical (unpaired) electrons. The maximum absolute atomic E-state index is 14.1. The van der Waals surface area contributed by atoms with Crippen molar-refractivity contribution in [2.75, 3.05) is 30.4 Å². The van der Waals surface area contributed by atoms with Gasteiger partial charge in [-0.2, -0.15) is 23.0 Å². The number of nitrogens with one attached hydrogen (secondary N) is 1. The molecule has 0 bridgehead atoms. The minimum Gasteiger partial charge on any atom is -0.444 e. The lowest BCUT2D eigenvalue weighted by Crippen LogP contribution is -2.27. The number of oxazole rings is 1. The molecule has 1 unspecified atom stereocenters. The lowest BCUT2D eigenvalue weighted by molar-refractivity contribution is -0.137. The summed E-state index contributed by atoms with van der Waals surface area (Å²) >= 11 is 0. The number of β-amino-alcohol motifs (C(OH)–C–C–N with tert-alkyl or cyclic N) is 1. The van der Waals surface area contributed by atoms with E-state index in [0.717, 1.165) is 16.3 Å². The van der Waals surface area contributed by atoms with Crippen LogP contribution in [0.3, 0.4) is 0 Å². The van der Waals surface area contributed by atoms with Crippen LogP contribution in [0.1, 0.15) is 17.5 Å². The average molecular weight is 512 g/mol. The predicted molar refractivity (Wildman–Crippen MR) is 133 cm³/mol. The maximum Gasteiger partial charge on any atom is 0.418 e. The Bertz CT molecular complexity index is 1500. The van der Waals surface area contributed by atoms with Crippen LogP contribution < -0.4 is 15.8 Å². The molecule has 0 saturated carbocycles. The maximum atomic E-state index is 14.1. The highest BCUT2D eigenvalue weighted by atomic mass is 19.4. The van der Waals surface area contributed by atoms with Crippen LogP contribution in [0, 0.1) is 6.92 Å². The summed E-state index contributed by atoms with van der Waals surface area (Å²) in [5, 5.41) is 17.1. The smallest absolute Gasteiger partial charge is 0.418 e. The highest BCUT2D eigenvalue weighted by Crippen LogP contribution is 2.36. The van der Waals surface area contributed by atoms with Crippen LogP contribution in [0.5, 0.6) is 0 Å². The summed E-state index contributed by atoms with van der Waals surface area (Å²) in [7, 11) is 1.52. The Kier molecular flexibility index (Phi) is 6.24. The molecule has 2 N–H and O–H groups in total. The third-order valence-electron chi connectivity index (χ3n) is 6.31. The Morgan fingerprint density at radius 1 is 1.14 bits per heavy atom. The monoisotopic (exact) mass is 511 g/mol. The van der Waals surface area contributed by atoms with E-state index in [2.05, 4.69) is 15.4 Å². The number of aryl methyl sites for hydroxylation is 1. The Labute approximate surface area is 210 Å². The van der Waals surface area contributed by atoms with Crippen LogP contribution in [0.2, 0.25) is 0 Å². The summed E-state index contributed by atoms with van der Waals surface area (Å²) in [5.41, 5.74) is 0.902. The molecule has 37 heavy (non-hydrogen) atoms. The lowest BCUT2D eigenvalue weighted by Gasteiger charge is -2.22. The van der Waals surface area contributed by atoms with Crippen molar-refractivity contribution < 1.29 is 22.7 Å². The summed E-state index contributed by atoms with van der Waals surface area (Å²) in [6, 6.07) is 10.6. The molecular formula is C26H24F3N5O3. The number of hydrogen-bond acceptors (Lipinski definition) is 7. The highest BCUT2D eigenvalue weighted by Gasteiger charge is 2.35. The van der Waals surface area contributed by atoms with Gasteiger partial charge in [-0.05, 0) is 61.4 Å². The van der Waals surface area contributed by atoms with Gasteiger partial charge >= 0.3 is 6.18 Å². The lowest BCUT2D eigenvalue weighted by atomic mass is 10.0. The van der Waals surface area contributed by atoms with E-state index in [-0.39, 0.29) is 5.69 Å². The van der Waals surface area contributed by atoms with Gasteiger partial charge < -0.3 is 19.7 Å². The number of hydrogen-bond donors (Lipinski definition) is 2. The van der Waals surface area contributed by atoms with Gasteiger partial charge in [0.15, 0.2) is 12.2 Å². The van der Waals surface area contributed by atoms with Crippen LogP contribution in [-0.4, -0.2) is 46.1 Å². The molecule has 0 aliphatic carbocycles. The number of anilines is 2. The molecule has 4 aromatic rings.